The van der Waals surface area contributed by atoms with Gasteiger partial charge in [0.05, 0.1) is 17.7 Å². The number of ketones is 1. The Hall–Kier alpha value is -2.42. The van der Waals surface area contributed by atoms with E-state index in [0.717, 1.165) is 6.20 Å². The molecule has 1 aliphatic rings. The van der Waals surface area contributed by atoms with Crippen molar-refractivity contribution in [2.45, 2.75) is 31.4 Å². The van der Waals surface area contributed by atoms with E-state index in [1.165, 1.54) is 0 Å². The van der Waals surface area contributed by atoms with Gasteiger partial charge in [0, 0.05) is 6.20 Å². The zero-order valence-corrected chi connectivity index (χ0v) is 12.2. The van der Waals surface area contributed by atoms with Gasteiger partial charge in [-0.25, -0.2) is 22.4 Å². The molecular formula is C15H13F4NO4. The van der Waals surface area contributed by atoms with Crippen LogP contribution in [0, 0.1) is 23.3 Å². The first-order chi connectivity index (χ1) is 11.2. The average Bonchev–Trinajstić information content (AvgIpc) is 2.93. The number of aliphatic carboxylic acids is 1. The quantitative estimate of drug-likeness (QED) is 0.144. The highest BCUT2D eigenvalue weighted by atomic mass is 19.2. The van der Waals surface area contributed by atoms with E-state index in [1.807, 2.05) is 0 Å². The van der Waals surface area contributed by atoms with Gasteiger partial charge in [0.15, 0.2) is 23.3 Å². The topological polar surface area (TPSA) is 86.6 Å². The predicted molar refractivity (Wildman–Crippen MR) is 73.1 cm³/mol. The summed E-state index contributed by atoms with van der Waals surface area (Å²) in [7, 11) is 0. The number of rotatable bonds is 5. The van der Waals surface area contributed by atoms with Crippen LogP contribution in [0.1, 0.15) is 29.6 Å². The molecule has 24 heavy (non-hydrogen) atoms. The van der Waals surface area contributed by atoms with Crippen LogP contribution in [0.4, 0.5) is 17.6 Å². The van der Waals surface area contributed by atoms with Crippen molar-refractivity contribution in [3.8, 4) is 0 Å². The van der Waals surface area contributed by atoms with Gasteiger partial charge in [-0.05, 0) is 25.3 Å². The Morgan fingerprint density at radius 1 is 1.12 bits per heavy atom. The summed E-state index contributed by atoms with van der Waals surface area (Å²) in [6, 6.07) is -0.407. The third kappa shape index (κ3) is 3.40. The third-order valence-electron chi connectivity index (χ3n) is 3.74. The lowest BCUT2D eigenvalue weighted by molar-refractivity contribution is -0.132. The fraction of sp³-hybridized carbons (Fsp3) is 0.333. The Morgan fingerprint density at radius 2 is 1.79 bits per heavy atom. The van der Waals surface area contributed by atoms with Crippen molar-refractivity contribution in [2.75, 3.05) is 0 Å². The second-order valence-electron chi connectivity index (χ2n) is 5.31. The molecule has 0 heterocycles. The van der Waals surface area contributed by atoms with Gasteiger partial charge in [-0.15, -0.1) is 0 Å². The first kappa shape index (κ1) is 17.9. The van der Waals surface area contributed by atoms with Gasteiger partial charge in [-0.2, -0.15) is 0 Å². The molecule has 5 nitrogen and oxygen atoms in total. The fourth-order valence-corrected chi connectivity index (χ4v) is 2.43. The second kappa shape index (κ2) is 7.00. The molecule has 0 saturated heterocycles. The van der Waals surface area contributed by atoms with Crippen molar-refractivity contribution in [2.24, 2.45) is 0 Å². The van der Waals surface area contributed by atoms with Crippen molar-refractivity contribution in [1.82, 2.24) is 5.32 Å². The summed E-state index contributed by atoms with van der Waals surface area (Å²) in [5.74, 6) is -11.4. The number of halogens is 4. The molecule has 1 aromatic carbocycles. The minimum atomic E-state index is -2.21. The van der Waals surface area contributed by atoms with Gasteiger partial charge in [0.1, 0.15) is 5.57 Å². The summed E-state index contributed by atoms with van der Waals surface area (Å²) in [5.41, 5.74) is -2.24. The molecule has 0 radical (unpaired) electrons. The number of benzene rings is 1. The number of hydrogen-bond acceptors (Lipinski definition) is 4. The highest BCUT2D eigenvalue weighted by Gasteiger charge is 2.29. The Kier molecular flexibility index (Phi) is 5.23. The molecule has 1 fully saturated rings. The molecular weight excluding hydrogens is 334 g/mol. The number of carbonyl (C=O) groups excluding carboxylic acids is 1. The molecule has 0 aromatic heterocycles. The molecule has 0 aliphatic heterocycles. The van der Waals surface area contributed by atoms with E-state index in [2.05, 4.69) is 5.32 Å². The van der Waals surface area contributed by atoms with Crippen LogP contribution >= 0.6 is 0 Å². The Morgan fingerprint density at radius 3 is 2.33 bits per heavy atom. The lowest BCUT2D eigenvalue weighted by atomic mass is 10.0. The summed E-state index contributed by atoms with van der Waals surface area (Å²) >= 11 is 0. The maximum atomic E-state index is 13.6. The van der Waals surface area contributed by atoms with Crippen LogP contribution in [0.5, 0.6) is 0 Å². The summed E-state index contributed by atoms with van der Waals surface area (Å²) in [6.07, 6.45) is 1.69. The number of hydrogen-bond donors (Lipinski definition) is 3. The number of nitrogens with one attached hydrogen (secondary N) is 1. The second-order valence-corrected chi connectivity index (χ2v) is 5.31. The van der Waals surface area contributed by atoms with E-state index in [0.29, 0.717) is 19.3 Å². The predicted octanol–water partition coefficient (Wildman–Crippen LogP) is 1.90. The molecule has 1 aliphatic carbocycles. The normalized spacial score (nSPS) is 21.0. The standard InChI is InChI=1S/C15H13F4NO4/c16-8-4-6(11(17)13(19)12(8)18)14(22)7(15(23)24)5-20-9-2-1-3-10(9)21/h4-5,9-10,20-21H,1-3H2,(H,23,24). The molecule has 2 rings (SSSR count). The van der Waals surface area contributed by atoms with Crippen LogP contribution in [0.25, 0.3) is 0 Å². The molecule has 0 amide bonds. The van der Waals surface area contributed by atoms with Crippen molar-refractivity contribution in [1.29, 1.82) is 0 Å². The van der Waals surface area contributed by atoms with E-state index in [1.54, 1.807) is 0 Å². The van der Waals surface area contributed by atoms with Crippen LogP contribution in [0.3, 0.4) is 0 Å². The van der Waals surface area contributed by atoms with Crippen LogP contribution in [0.15, 0.2) is 17.8 Å². The average molecular weight is 347 g/mol. The summed E-state index contributed by atoms with van der Waals surface area (Å²) < 4.78 is 52.9. The molecule has 1 aromatic rings. The Labute approximate surface area is 133 Å². The Balaban J connectivity index is 2.35. The van der Waals surface area contributed by atoms with Crippen molar-refractivity contribution >= 4 is 11.8 Å². The number of aliphatic hydroxyl groups excluding tert-OH is 1. The molecule has 0 bridgehead atoms. The first-order valence-corrected chi connectivity index (χ1v) is 6.99. The van der Waals surface area contributed by atoms with Crippen LogP contribution in [0.2, 0.25) is 0 Å². The van der Waals surface area contributed by atoms with E-state index in [4.69, 9.17) is 5.11 Å². The minimum absolute atomic E-state index is 0.0945. The smallest absolute Gasteiger partial charge is 0.341 e. The zero-order valence-electron chi connectivity index (χ0n) is 12.2. The lowest BCUT2D eigenvalue weighted by Crippen LogP contribution is -2.33. The minimum Gasteiger partial charge on any atom is -0.477 e. The lowest BCUT2D eigenvalue weighted by Gasteiger charge is -2.15. The van der Waals surface area contributed by atoms with Crippen LogP contribution in [-0.2, 0) is 4.79 Å². The molecule has 9 heteroatoms. The van der Waals surface area contributed by atoms with Crippen molar-refractivity contribution < 1.29 is 37.4 Å². The number of carboxylic acid groups (broad SMARTS) is 1. The Bertz CT molecular complexity index is 720. The largest absolute Gasteiger partial charge is 0.477 e. The monoisotopic (exact) mass is 347 g/mol. The maximum Gasteiger partial charge on any atom is 0.341 e. The number of aliphatic hydroxyl groups is 1. The van der Waals surface area contributed by atoms with Gasteiger partial charge < -0.3 is 15.5 Å². The summed E-state index contributed by atoms with van der Waals surface area (Å²) in [5, 5.41) is 21.2. The van der Waals surface area contributed by atoms with Gasteiger partial charge in [-0.1, -0.05) is 0 Å². The summed E-state index contributed by atoms with van der Waals surface area (Å²) in [4.78, 5) is 23.2. The number of Topliss-reactive ketones (excluding diaryl/α,β-unsaturated/α-hetero) is 1. The van der Waals surface area contributed by atoms with Gasteiger partial charge in [-0.3, -0.25) is 4.79 Å². The third-order valence-corrected chi connectivity index (χ3v) is 3.74. The van der Waals surface area contributed by atoms with Gasteiger partial charge in [0.25, 0.3) is 0 Å². The molecule has 1 saturated carbocycles. The van der Waals surface area contributed by atoms with Gasteiger partial charge >= 0.3 is 5.97 Å². The van der Waals surface area contributed by atoms with Gasteiger partial charge in [0.2, 0.25) is 5.78 Å². The molecule has 2 atom stereocenters. The number of carboxylic acids is 1. The summed E-state index contributed by atoms with van der Waals surface area (Å²) in [6.45, 7) is 0. The SMILES string of the molecule is O=C(O)C(=CNC1CCCC1O)C(=O)c1cc(F)c(F)c(F)c1F. The van der Waals surface area contributed by atoms with E-state index in [-0.39, 0.29) is 6.07 Å². The zero-order chi connectivity index (χ0) is 18.0. The molecule has 0 spiro atoms. The van der Waals surface area contributed by atoms with Crippen LogP contribution in [-0.4, -0.2) is 34.1 Å². The molecule has 3 N–H and O–H groups in total. The fourth-order valence-electron chi connectivity index (χ4n) is 2.43. The highest BCUT2D eigenvalue weighted by Crippen LogP contribution is 2.22. The number of carbonyl (C=O) groups is 2. The van der Waals surface area contributed by atoms with E-state index < -0.39 is 58.3 Å². The first-order valence-electron chi connectivity index (χ1n) is 6.99. The maximum absolute atomic E-state index is 13.6. The molecule has 130 valence electrons. The van der Waals surface area contributed by atoms with Crippen LogP contribution < -0.4 is 5.32 Å². The van der Waals surface area contributed by atoms with E-state index >= 15 is 0 Å². The highest BCUT2D eigenvalue weighted by molar-refractivity contribution is 6.23. The molecule has 2 unspecified atom stereocenters. The van der Waals surface area contributed by atoms with Crippen molar-refractivity contribution in [3.05, 3.63) is 46.7 Å². The van der Waals surface area contributed by atoms with Crippen molar-refractivity contribution in [3.63, 3.8) is 0 Å². The van der Waals surface area contributed by atoms with E-state index in [9.17, 15) is 32.3 Å².